The average Bonchev–Trinajstić information content (AvgIpc) is 2.45. The summed E-state index contributed by atoms with van der Waals surface area (Å²) in [6.07, 6.45) is 3.38. The standard InChI is InChI=1S/C15H17N3OS/c1-10(2)9-20-15-12(4-3-6-18-15)11-5-7-17-13(8-11)14(16)19/h3-8,10H,9H2,1-2H3,(H2,16,19). The molecule has 20 heavy (non-hydrogen) atoms. The molecule has 4 nitrogen and oxygen atoms in total. The summed E-state index contributed by atoms with van der Waals surface area (Å²) in [4.78, 5) is 19.6. The second-order valence-corrected chi connectivity index (χ2v) is 5.86. The van der Waals surface area contributed by atoms with Crippen LogP contribution in [0.3, 0.4) is 0 Å². The molecule has 1 amide bonds. The smallest absolute Gasteiger partial charge is 0.267 e. The second kappa shape index (κ2) is 6.52. The van der Waals surface area contributed by atoms with Crippen molar-refractivity contribution in [2.75, 3.05) is 5.75 Å². The van der Waals surface area contributed by atoms with Gasteiger partial charge in [0.2, 0.25) is 0 Å². The fourth-order valence-corrected chi connectivity index (χ4v) is 2.67. The predicted molar refractivity (Wildman–Crippen MR) is 81.5 cm³/mol. The minimum atomic E-state index is -0.521. The zero-order valence-electron chi connectivity index (χ0n) is 11.5. The van der Waals surface area contributed by atoms with Crippen LogP contribution in [0.25, 0.3) is 11.1 Å². The zero-order chi connectivity index (χ0) is 14.5. The minimum absolute atomic E-state index is 0.270. The molecule has 2 rings (SSSR count). The van der Waals surface area contributed by atoms with Gasteiger partial charge in [0, 0.05) is 23.7 Å². The van der Waals surface area contributed by atoms with Gasteiger partial charge in [-0.3, -0.25) is 9.78 Å². The molecule has 0 aromatic carbocycles. The molecule has 0 saturated carbocycles. The summed E-state index contributed by atoms with van der Waals surface area (Å²) in [5.41, 5.74) is 7.46. The van der Waals surface area contributed by atoms with Gasteiger partial charge >= 0.3 is 0 Å². The Morgan fingerprint density at radius 3 is 2.80 bits per heavy atom. The van der Waals surface area contributed by atoms with Crippen LogP contribution in [0.4, 0.5) is 0 Å². The van der Waals surface area contributed by atoms with Crippen LogP contribution in [0.15, 0.2) is 41.7 Å². The highest BCUT2D eigenvalue weighted by atomic mass is 32.2. The molecule has 104 valence electrons. The molecule has 0 saturated heterocycles. The Bertz CT molecular complexity index is 614. The van der Waals surface area contributed by atoms with E-state index in [1.807, 2.05) is 18.2 Å². The van der Waals surface area contributed by atoms with Crippen LogP contribution < -0.4 is 5.73 Å². The Balaban J connectivity index is 2.37. The molecule has 0 atom stereocenters. The van der Waals surface area contributed by atoms with E-state index < -0.39 is 5.91 Å². The first-order valence-electron chi connectivity index (χ1n) is 6.42. The number of nitrogens with two attached hydrogens (primary N) is 1. The largest absolute Gasteiger partial charge is 0.364 e. The van der Waals surface area contributed by atoms with Crippen LogP contribution in [-0.2, 0) is 0 Å². The lowest BCUT2D eigenvalue weighted by Crippen LogP contribution is -2.12. The zero-order valence-corrected chi connectivity index (χ0v) is 12.4. The van der Waals surface area contributed by atoms with E-state index in [1.54, 1.807) is 30.2 Å². The maximum absolute atomic E-state index is 11.2. The first-order chi connectivity index (χ1) is 9.58. The van der Waals surface area contributed by atoms with E-state index in [9.17, 15) is 4.79 Å². The van der Waals surface area contributed by atoms with Crippen molar-refractivity contribution in [1.29, 1.82) is 0 Å². The number of hydrogen-bond donors (Lipinski definition) is 1. The van der Waals surface area contributed by atoms with Crippen molar-refractivity contribution in [2.45, 2.75) is 18.9 Å². The van der Waals surface area contributed by atoms with E-state index in [-0.39, 0.29) is 5.69 Å². The van der Waals surface area contributed by atoms with Crippen LogP contribution in [-0.4, -0.2) is 21.6 Å². The maximum Gasteiger partial charge on any atom is 0.267 e. The third-order valence-electron chi connectivity index (χ3n) is 2.65. The fourth-order valence-electron chi connectivity index (χ4n) is 1.70. The van der Waals surface area contributed by atoms with Gasteiger partial charge in [-0.2, -0.15) is 0 Å². The molecule has 0 spiro atoms. The third kappa shape index (κ3) is 3.57. The second-order valence-electron chi connectivity index (χ2n) is 4.85. The molecule has 5 heteroatoms. The predicted octanol–water partition coefficient (Wildman–Crippen LogP) is 2.99. The number of carbonyl (C=O) groups is 1. The van der Waals surface area contributed by atoms with Crippen molar-refractivity contribution >= 4 is 17.7 Å². The molecule has 0 aliphatic heterocycles. The average molecular weight is 287 g/mol. The lowest BCUT2D eigenvalue weighted by Gasteiger charge is -2.10. The fraction of sp³-hybridized carbons (Fsp3) is 0.267. The monoisotopic (exact) mass is 287 g/mol. The normalized spacial score (nSPS) is 10.8. The number of thioether (sulfide) groups is 1. The van der Waals surface area contributed by atoms with Gasteiger partial charge in [0.15, 0.2) is 0 Å². The summed E-state index contributed by atoms with van der Waals surface area (Å²) in [7, 11) is 0. The summed E-state index contributed by atoms with van der Waals surface area (Å²) in [6, 6.07) is 7.45. The van der Waals surface area contributed by atoms with Gasteiger partial charge in [-0.1, -0.05) is 19.9 Å². The van der Waals surface area contributed by atoms with E-state index in [4.69, 9.17) is 5.73 Å². The third-order valence-corrected chi connectivity index (χ3v) is 4.08. The van der Waals surface area contributed by atoms with Gasteiger partial charge in [0.1, 0.15) is 10.7 Å². The Morgan fingerprint density at radius 2 is 2.10 bits per heavy atom. The van der Waals surface area contributed by atoms with Gasteiger partial charge < -0.3 is 5.73 Å². The highest BCUT2D eigenvalue weighted by molar-refractivity contribution is 7.99. The number of hydrogen-bond acceptors (Lipinski definition) is 4. The van der Waals surface area contributed by atoms with Crippen molar-refractivity contribution in [3.63, 3.8) is 0 Å². The molecular weight excluding hydrogens is 270 g/mol. The number of rotatable bonds is 5. The Morgan fingerprint density at radius 1 is 1.30 bits per heavy atom. The Hall–Kier alpha value is -1.88. The molecule has 2 aromatic heterocycles. The minimum Gasteiger partial charge on any atom is -0.364 e. The molecule has 2 N–H and O–H groups in total. The number of primary amides is 1. The van der Waals surface area contributed by atoms with E-state index >= 15 is 0 Å². The number of nitrogens with zero attached hydrogens (tertiary/aromatic N) is 2. The summed E-state index contributed by atoms with van der Waals surface area (Å²) in [6.45, 7) is 4.35. The van der Waals surface area contributed by atoms with Gasteiger partial charge in [-0.05, 0) is 29.7 Å². The van der Waals surface area contributed by atoms with E-state index in [1.165, 1.54) is 0 Å². The molecular formula is C15H17N3OS. The van der Waals surface area contributed by atoms with Gasteiger partial charge in [-0.25, -0.2) is 4.98 Å². The number of carbonyl (C=O) groups excluding carboxylic acids is 1. The molecule has 0 aliphatic carbocycles. The van der Waals surface area contributed by atoms with Crippen LogP contribution in [0, 0.1) is 5.92 Å². The molecule has 0 bridgehead atoms. The highest BCUT2D eigenvalue weighted by Crippen LogP contribution is 2.30. The maximum atomic E-state index is 11.2. The van der Waals surface area contributed by atoms with E-state index in [2.05, 4.69) is 23.8 Å². The molecule has 0 radical (unpaired) electrons. The van der Waals surface area contributed by atoms with Crippen LogP contribution >= 0.6 is 11.8 Å². The Labute approximate surface area is 122 Å². The number of amides is 1. The molecule has 0 fully saturated rings. The molecule has 0 aliphatic rings. The lowest BCUT2D eigenvalue weighted by atomic mass is 10.1. The summed E-state index contributed by atoms with van der Waals surface area (Å²) >= 11 is 1.72. The summed E-state index contributed by atoms with van der Waals surface area (Å²) in [5.74, 6) is 1.07. The SMILES string of the molecule is CC(C)CSc1ncccc1-c1ccnc(C(N)=O)c1. The Kier molecular flexibility index (Phi) is 4.74. The van der Waals surface area contributed by atoms with Gasteiger partial charge in [0.25, 0.3) is 5.91 Å². The topological polar surface area (TPSA) is 68.9 Å². The molecule has 0 unspecified atom stereocenters. The van der Waals surface area contributed by atoms with E-state index in [0.717, 1.165) is 21.9 Å². The van der Waals surface area contributed by atoms with Gasteiger partial charge in [0.05, 0.1) is 0 Å². The first-order valence-corrected chi connectivity index (χ1v) is 7.40. The summed E-state index contributed by atoms with van der Waals surface area (Å²) < 4.78 is 0. The number of pyridine rings is 2. The van der Waals surface area contributed by atoms with Crippen molar-refractivity contribution in [2.24, 2.45) is 11.7 Å². The van der Waals surface area contributed by atoms with Crippen LogP contribution in [0.1, 0.15) is 24.3 Å². The lowest BCUT2D eigenvalue weighted by molar-refractivity contribution is 0.0995. The first kappa shape index (κ1) is 14.5. The molecule has 2 heterocycles. The summed E-state index contributed by atoms with van der Waals surface area (Å²) in [5, 5.41) is 0.961. The van der Waals surface area contributed by atoms with Crippen molar-refractivity contribution in [3.05, 3.63) is 42.4 Å². The highest BCUT2D eigenvalue weighted by Gasteiger charge is 2.10. The van der Waals surface area contributed by atoms with Crippen molar-refractivity contribution in [1.82, 2.24) is 9.97 Å². The molecule has 2 aromatic rings. The van der Waals surface area contributed by atoms with Crippen molar-refractivity contribution < 1.29 is 4.79 Å². The quantitative estimate of drug-likeness (QED) is 0.858. The van der Waals surface area contributed by atoms with Crippen molar-refractivity contribution in [3.8, 4) is 11.1 Å². The van der Waals surface area contributed by atoms with Gasteiger partial charge in [-0.15, -0.1) is 11.8 Å². The van der Waals surface area contributed by atoms with Crippen LogP contribution in [0.5, 0.6) is 0 Å². The van der Waals surface area contributed by atoms with Crippen LogP contribution in [0.2, 0.25) is 0 Å². The number of aromatic nitrogens is 2. The van der Waals surface area contributed by atoms with E-state index in [0.29, 0.717) is 5.92 Å².